The van der Waals surface area contributed by atoms with Gasteiger partial charge in [0.25, 0.3) is 0 Å². The number of hydrogen-bond acceptors (Lipinski definition) is 7. The molecule has 4 unspecified atom stereocenters. The Morgan fingerprint density at radius 2 is 1.68 bits per heavy atom. The summed E-state index contributed by atoms with van der Waals surface area (Å²) in [5.41, 5.74) is 8.56. The van der Waals surface area contributed by atoms with Crippen molar-refractivity contribution < 1.29 is 24.3 Å². The summed E-state index contributed by atoms with van der Waals surface area (Å²) in [4.78, 5) is 60.4. The molecule has 0 aliphatic heterocycles. The minimum atomic E-state index is -1.19. The highest BCUT2D eigenvalue weighted by Crippen LogP contribution is 2.18. The van der Waals surface area contributed by atoms with E-state index in [0.29, 0.717) is 5.69 Å². The minimum absolute atomic E-state index is 0.0576. The summed E-state index contributed by atoms with van der Waals surface area (Å²) in [6.07, 6.45) is 5.05. The molecule has 3 rings (SSSR count). The zero-order valence-corrected chi connectivity index (χ0v) is 22.0. The number of thiol groups is 1. The Morgan fingerprint density at radius 1 is 1.00 bits per heavy atom. The van der Waals surface area contributed by atoms with Gasteiger partial charge in [0, 0.05) is 41.2 Å². The number of carboxylic acids is 1. The summed E-state index contributed by atoms with van der Waals surface area (Å²) >= 11 is 4.14. The Kier molecular flexibility index (Phi) is 9.91. The van der Waals surface area contributed by atoms with Crippen molar-refractivity contribution in [3.05, 3.63) is 54.2 Å². The number of H-pyrrole nitrogens is 2. The highest BCUT2D eigenvalue weighted by atomic mass is 32.1. The number of benzene rings is 1. The molecule has 0 aliphatic rings. The first kappa shape index (κ1) is 28.7. The lowest BCUT2D eigenvalue weighted by molar-refractivity contribution is -0.143. The smallest absolute Gasteiger partial charge is 0.326 e. The molecule has 38 heavy (non-hydrogen) atoms. The highest BCUT2D eigenvalue weighted by Gasteiger charge is 2.31. The summed E-state index contributed by atoms with van der Waals surface area (Å²) in [5.74, 6) is -3.56. The number of imidazole rings is 1. The van der Waals surface area contributed by atoms with Crippen molar-refractivity contribution in [2.75, 3.05) is 5.75 Å². The number of hydrogen-bond donors (Lipinski definition) is 8. The van der Waals surface area contributed by atoms with Gasteiger partial charge in [-0.3, -0.25) is 14.4 Å². The average molecular weight is 544 g/mol. The zero-order valence-electron chi connectivity index (χ0n) is 21.1. The van der Waals surface area contributed by atoms with Gasteiger partial charge >= 0.3 is 5.97 Å². The van der Waals surface area contributed by atoms with Gasteiger partial charge in [0.2, 0.25) is 17.7 Å². The molecule has 13 heteroatoms. The zero-order chi connectivity index (χ0) is 27.8. The number of rotatable bonds is 13. The van der Waals surface area contributed by atoms with E-state index >= 15 is 0 Å². The molecule has 0 spiro atoms. The van der Waals surface area contributed by atoms with Crippen LogP contribution in [0, 0.1) is 5.92 Å². The van der Waals surface area contributed by atoms with Gasteiger partial charge in [-0.25, -0.2) is 9.78 Å². The fraction of sp³-hybridized carbons (Fsp3) is 0.400. The number of nitrogens with zero attached hydrogens (tertiary/aromatic N) is 1. The van der Waals surface area contributed by atoms with Crippen LogP contribution in [0.1, 0.15) is 25.1 Å². The fourth-order valence-electron chi connectivity index (χ4n) is 3.97. The molecule has 3 aromatic rings. The predicted molar refractivity (Wildman–Crippen MR) is 144 cm³/mol. The van der Waals surface area contributed by atoms with E-state index in [9.17, 15) is 24.3 Å². The van der Waals surface area contributed by atoms with Gasteiger partial charge in [0.1, 0.15) is 18.1 Å². The van der Waals surface area contributed by atoms with Crippen LogP contribution in [-0.2, 0) is 32.0 Å². The van der Waals surface area contributed by atoms with Crippen LogP contribution >= 0.6 is 12.6 Å². The summed E-state index contributed by atoms with van der Waals surface area (Å²) in [7, 11) is 0. The summed E-state index contributed by atoms with van der Waals surface area (Å²) in [6.45, 7) is 3.31. The Labute approximate surface area is 225 Å². The molecule has 4 atom stereocenters. The van der Waals surface area contributed by atoms with E-state index < -0.39 is 47.9 Å². The topological polar surface area (TPSA) is 195 Å². The molecule has 8 N–H and O–H groups in total. The standard InChI is InChI=1S/C25H33N7O5S/c1-13(2)21(25(36)37)32-24(35)20(11-38)31-23(34)19(8-15-10-27-12-29-15)30-22(33)17(26)7-14-9-28-18-6-4-3-5-16(14)18/h3-6,9-10,12-13,17,19-21,28,38H,7-8,11,26H2,1-2H3,(H,27,29)(H,30,33)(H,31,34)(H,32,35)(H,36,37). The number of aromatic nitrogens is 3. The molecular formula is C25H33N7O5S. The van der Waals surface area contributed by atoms with E-state index in [-0.39, 0.29) is 24.5 Å². The molecule has 2 aromatic heterocycles. The van der Waals surface area contributed by atoms with Gasteiger partial charge in [0.15, 0.2) is 0 Å². The second kappa shape index (κ2) is 13.1. The maximum absolute atomic E-state index is 13.2. The second-order valence-corrected chi connectivity index (χ2v) is 9.69. The number of nitrogens with two attached hydrogens (primary N) is 1. The first-order valence-corrected chi connectivity index (χ1v) is 12.8. The van der Waals surface area contributed by atoms with Gasteiger partial charge in [-0.15, -0.1) is 0 Å². The largest absolute Gasteiger partial charge is 0.480 e. The van der Waals surface area contributed by atoms with Gasteiger partial charge in [0.05, 0.1) is 12.4 Å². The lowest BCUT2D eigenvalue weighted by Crippen LogP contribution is -2.58. The van der Waals surface area contributed by atoms with Crippen molar-refractivity contribution in [3.8, 4) is 0 Å². The van der Waals surface area contributed by atoms with Crippen LogP contribution < -0.4 is 21.7 Å². The van der Waals surface area contributed by atoms with Crippen LogP contribution in [-0.4, -0.2) is 73.7 Å². The minimum Gasteiger partial charge on any atom is -0.480 e. The molecule has 2 heterocycles. The lowest BCUT2D eigenvalue weighted by Gasteiger charge is -2.25. The highest BCUT2D eigenvalue weighted by molar-refractivity contribution is 7.80. The fourth-order valence-corrected chi connectivity index (χ4v) is 4.23. The number of carboxylic acid groups (broad SMARTS) is 1. The van der Waals surface area contributed by atoms with Gasteiger partial charge < -0.3 is 36.8 Å². The van der Waals surface area contributed by atoms with E-state index in [1.165, 1.54) is 12.5 Å². The third kappa shape index (κ3) is 7.35. The van der Waals surface area contributed by atoms with Crippen molar-refractivity contribution in [1.29, 1.82) is 0 Å². The quantitative estimate of drug-likeness (QED) is 0.140. The predicted octanol–water partition coefficient (Wildman–Crippen LogP) is 0.128. The Morgan fingerprint density at radius 3 is 2.32 bits per heavy atom. The number of carbonyl (C=O) groups excluding carboxylic acids is 3. The second-order valence-electron chi connectivity index (χ2n) is 9.32. The molecular weight excluding hydrogens is 510 g/mol. The summed E-state index contributed by atoms with van der Waals surface area (Å²) in [6, 6.07) is 3.34. The van der Waals surface area contributed by atoms with Crippen molar-refractivity contribution >= 4 is 47.2 Å². The van der Waals surface area contributed by atoms with Crippen LogP contribution in [0.15, 0.2) is 43.0 Å². The maximum atomic E-state index is 13.2. The first-order valence-electron chi connectivity index (χ1n) is 12.1. The number of nitrogens with one attached hydrogen (secondary N) is 5. The molecule has 12 nitrogen and oxygen atoms in total. The number of carbonyl (C=O) groups is 4. The number of para-hydroxylation sites is 1. The molecule has 204 valence electrons. The van der Waals surface area contributed by atoms with Gasteiger partial charge in [-0.1, -0.05) is 32.0 Å². The third-order valence-electron chi connectivity index (χ3n) is 6.11. The molecule has 3 amide bonds. The Balaban J connectivity index is 1.70. The van der Waals surface area contributed by atoms with Crippen molar-refractivity contribution in [3.63, 3.8) is 0 Å². The van der Waals surface area contributed by atoms with E-state index in [1.807, 2.05) is 24.3 Å². The molecule has 1 aromatic carbocycles. The first-order chi connectivity index (χ1) is 18.1. The molecule has 0 bridgehead atoms. The van der Waals surface area contributed by atoms with Gasteiger partial charge in [-0.2, -0.15) is 12.6 Å². The van der Waals surface area contributed by atoms with Gasteiger partial charge in [-0.05, 0) is 24.0 Å². The summed E-state index contributed by atoms with van der Waals surface area (Å²) in [5, 5.41) is 18.0. The van der Waals surface area contributed by atoms with Crippen molar-refractivity contribution in [2.45, 2.75) is 50.9 Å². The van der Waals surface area contributed by atoms with Crippen molar-refractivity contribution in [1.82, 2.24) is 30.9 Å². The van der Waals surface area contributed by atoms with E-state index in [0.717, 1.165) is 16.5 Å². The van der Waals surface area contributed by atoms with Crippen LogP contribution in [0.4, 0.5) is 0 Å². The SMILES string of the molecule is CC(C)C(NC(=O)C(CS)NC(=O)C(Cc1cnc[nH]1)NC(=O)C(N)Cc1c[nH]c2ccccc12)C(=O)O. The number of amides is 3. The summed E-state index contributed by atoms with van der Waals surface area (Å²) < 4.78 is 0. The Bertz CT molecular complexity index is 1260. The number of fused-ring (bicyclic) bond motifs is 1. The molecule has 0 saturated heterocycles. The molecule has 0 fully saturated rings. The van der Waals surface area contributed by atoms with Crippen LogP contribution in [0.2, 0.25) is 0 Å². The maximum Gasteiger partial charge on any atom is 0.326 e. The van der Waals surface area contributed by atoms with Crippen LogP contribution in [0.5, 0.6) is 0 Å². The van der Waals surface area contributed by atoms with E-state index in [4.69, 9.17) is 5.73 Å². The van der Waals surface area contributed by atoms with E-state index in [2.05, 4.69) is 43.5 Å². The molecule has 0 radical (unpaired) electrons. The average Bonchev–Trinajstić information content (AvgIpc) is 3.54. The lowest BCUT2D eigenvalue weighted by atomic mass is 10.0. The number of aromatic amines is 2. The molecule has 0 aliphatic carbocycles. The van der Waals surface area contributed by atoms with E-state index in [1.54, 1.807) is 20.0 Å². The van der Waals surface area contributed by atoms with Crippen LogP contribution in [0.25, 0.3) is 10.9 Å². The third-order valence-corrected chi connectivity index (χ3v) is 6.47. The number of aliphatic carboxylic acids is 1. The van der Waals surface area contributed by atoms with Crippen LogP contribution in [0.3, 0.4) is 0 Å². The normalized spacial score (nSPS) is 14.4. The monoisotopic (exact) mass is 543 g/mol. The molecule has 0 saturated carbocycles. The Hall–Kier alpha value is -3.84. The van der Waals surface area contributed by atoms with Crippen molar-refractivity contribution in [2.24, 2.45) is 11.7 Å².